The first kappa shape index (κ1) is 23.4. The molecule has 0 aromatic carbocycles. The van der Waals surface area contributed by atoms with E-state index in [2.05, 4.69) is 26.8 Å². The van der Waals surface area contributed by atoms with Crippen LogP contribution in [0.3, 0.4) is 0 Å². The van der Waals surface area contributed by atoms with Crippen LogP contribution in [0.2, 0.25) is 0 Å². The predicted octanol–water partition coefficient (Wildman–Crippen LogP) is 4.63. The Hall–Kier alpha value is -0.670. The summed E-state index contributed by atoms with van der Waals surface area (Å²) in [5.74, 6) is 0. The Kier molecular flexibility index (Phi) is 13.8. The van der Waals surface area contributed by atoms with Crippen LogP contribution in [0.15, 0.2) is 0 Å². The molecular formula is C21H39NO4. The number of nitriles is 1. The molecular weight excluding hydrogens is 330 g/mol. The van der Waals surface area contributed by atoms with E-state index in [9.17, 15) is 5.26 Å². The average Bonchev–Trinajstić information content (AvgIpc) is 2.99. The Bertz CT molecular complexity index is 372. The second kappa shape index (κ2) is 15.4. The maximum absolute atomic E-state index is 9.47. The fourth-order valence-electron chi connectivity index (χ4n) is 3.15. The van der Waals surface area contributed by atoms with Gasteiger partial charge in [0.25, 0.3) is 0 Å². The lowest BCUT2D eigenvalue weighted by Gasteiger charge is -2.24. The Morgan fingerprint density at radius 2 is 1.31 bits per heavy atom. The van der Waals surface area contributed by atoms with Crippen molar-refractivity contribution in [3.05, 3.63) is 0 Å². The van der Waals surface area contributed by atoms with Crippen LogP contribution < -0.4 is 0 Å². The second-order valence-corrected chi connectivity index (χ2v) is 7.09. The maximum Gasteiger partial charge on any atom is 0.173 e. The van der Waals surface area contributed by atoms with Crippen LogP contribution >= 0.6 is 0 Å². The number of nitrogens with zero attached hydrogens (tertiary/aromatic N) is 1. The lowest BCUT2D eigenvalue weighted by atomic mass is 10.1. The molecule has 152 valence electrons. The molecule has 0 amide bonds. The van der Waals surface area contributed by atoms with Crippen molar-refractivity contribution in [1.29, 1.82) is 5.26 Å². The van der Waals surface area contributed by atoms with Crippen LogP contribution in [-0.4, -0.2) is 50.8 Å². The molecule has 0 unspecified atom stereocenters. The highest BCUT2D eigenvalue weighted by Gasteiger charge is 2.46. The monoisotopic (exact) mass is 369 g/mol. The molecule has 0 aromatic rings. The van der Waals surface area contributed by atoms with Crippen molar-refractivity contribution in [3.8, 4) is 6.07 Å². The largest absolute Gasteiger partial charge is 0.379 e. The van der Waals surface area contributed by atoms with Gasteiger partial charge in [0.1, 0.15) is 18.3 Å². The topological polar surface area (TPSA) is 60.7 Å². The van der Waals surface area contributed by atoms with Crippen molar-refractivity contribution in [1.82, 2.24) is 0 Å². The Morgan fingerprint density at radius 3 is 1.85 bits per heavy atom. The molecule has 1 rings (SSSR count). The average molecular weight is 370 g/mol. The number of unbranched alkanes of at least 4 members (excludes halogenated alkanes) is 6. The summed E-state index contributed by atoms with van der Waals surface area (Å²) in [6.45, 7) is 9.06. The first-order valence-corrected chi connectivity index (χ1v) is 10.6. The van der Waals surface area contributed by atoms with E-state index in [0.29, 0.717) is 19.8 Å². The summed E-state index contributed by atoms with van der Waals surface area (Å²) in [6.07, 6.45) is 8.70. The number of rotatable bonds is 16. The molecule has 4 atom stereocenters. The van der Waals surface area contributed by atoms with Gasteiger partial charge < -0.3 is 18.9 Å². The molecule has 1 heterocycles. The minimum Gasteiger partial charge on any atom is -0.379 e. The van der Waals surface area contributed by atoms with E-state index in [-0.39, 0.29) is 18.3 Å². The number of hydrogen-bond acceptors (Lipinski definition) is 5. The van der Waals surface area contributed by atoms with Gasteiger partial charge in [0.15, 0.2) is 6.10 Å². The van der Waals surface area contributed by atoms with Crippen LogP contribution in [-0.2, 0) is 18.9 Å². The normalized spacial score (nSPS) is 25.5. The Balaban J connectivity index is 2.55. The summed E-state index contributed by atoms with van der Waals surface area (Å²) in [6, 6.07) is 2.24. The first-order chi connectivity index (χ1) is 12.8. The minimum absolute atomic E-state index is 0.218. The zero-order valence-corrected chi connectivity index (χ0v) is 17.1. The third-order valence-corrected chi connectivity index (χ3v) is 4.73. The zero-order chi connectivity index (χ0) is 19.0. The Morgan fingerprint density at radius 1 is 0.769 bits per heavy atom. The highest BCUT2D eigenvalue weighted by atomic mass is 16.6. The summed E-state index contributed by atoms with van der Waals surface area (Å²) in [4.78, 5) is 0. The van der Waals surface area contributed by atoms with Gasteiger partial charge in [0, 0.05) is 19.8 Å². The van der Waals surface area contributed by atoms with E-state index in [1.807, 2.05) is 0 Å². The molecule has 0 spiro atoms. The van der Waals surface area contributed by atoms with Gasteiger partial charge in [-0.15, -0.1) is 0 Å². The summed E-state index contributed by atoms with van der Waals surface area (Å²) < 4.78 is 23.9. The first-order valence-electron chi connectivity index (χ1n) is 10.6. The quantitative estimate of drug-likeness (QED) is 0.371. The highest BCUT2D eigenvalue weighted by molar-refractivity contribution is 5.03. The van der Waals surface area contributed by atoms with Gasteiger partial charge >= 0.3 is 0 Å². The summed E-state index contributed by atoms with van der Waals surface area (Å²) in [5.41, 5.74) is 0. The maximum atomic E-state index is 9.47. The van der Waals surface area contributed by atoms with Gasteiger partial charge in [-0.3, -0.25) is 0 Å². The van der Waals surface area contributed by atoms with Gasteiger partial charge in [-0.1, -0.05) is 59.3 Å². The van der Waals surface area contributed by atoms with Crippen LogP contribution in [0.25, 0.3) is 0 Å². The second-order valence-electron chi connectivity index (χ2n) is 7.09. The van der Waals surface area contributed by atoms with E-state index >= 15 is 0 Å². The molecule has 0 aromatic heterocycles. The van der Waals surface area contributed by atoms with Gasteiger partial charge in [-0.05, 0) is 19.3 Å². The molecule has 0 N–H and O–H groups in total. The summed E-state index contributed by atoms with van der Waals surface area (Å²) in [5, 5.41) is 9.47. The molecule has 0 saturated carbocycles. The minimum atomic E-state index is -0.572. The molecule has 1 aliphatic rings. The molecule has 0 aliphatic carbocycles. The molecule has 0 radical (unpaired) electrons. The van der Waals surface area contributed by atoms with Crippen molar-refractivity contribution in [2.45, 2.75) is 103 Å². The highest BCUT2D eigenvalue weighted by Crippen LogP contribution is 2.27. The van der Waals surface area contributed by atoms with E-state index in [4.69, 9.17) is 18.9 Å². The SMILES string of the molecule is CCCCCOC[C@H]1O[C@@H](C#N)[C@H](OCCCCC)[C@@H]1OCCCCC. The molecule has 26 heavy (non-hydrogen) atoms. The van der Waals surface area contributed by atoms with Gasteiger partial charge in [-0.2, -0.15) is 5.26 Å². The van der Waals surface area contributed by atoms with E-state index in [1.165, 1.54) is 12.8 Å². The van der Waals surface area contributed by atoms with Crippen molar-refractivity contribution >= 4 is 0 Å². The number of ether oxygens (including phenoxy) is 4. The van der Waals surface area contributed by atoms with Crippen LogP contribution in [0.5, 0.6) is 0 Å². The van der Waals surface area contributed by atoms with E-state index in [0.717, 1.165) is 51.6 Å². The van der Waals surface area contributed by atoms with E-state index < -0.39 is 6.10 Å². The van der Waals surface area contributed by atoms with Crippen LogP contribution in [0, 0.1) is 11.3 Å². The molecule has 0 bridgehead atoms. The fourth-order valence-corrected chi connectivity index (χ4v) is 3.15. The smallest absolute Gasteiger partial charge is 0.173 e. The fraction of sp³-hybridized carbons (Fsp3) is 0.952. The molecule has 5 heteroatoms. The zero-order valence-electron chi connectivity index (χ0n) is 17.1. The number of hydrogen-bond donors (Lipinski definition) is 0. The van der Waals surface area contributed by atoms with E-state index in [1.54, 1.807) is 0 Å². The van der Waals surface area contributed by atoms with Crippen LogP contribution in [0.4, 0.5) is 0 Å². The lowest BCUT2D eigenvalue weighted by Crippen LogP contribution is -2.39. The molecule has 1 fully saturated rings. The molecule has 1 saturated heterocycles. The van der Waals surface area contributed by atoms with Crippen LogP contribution in [0.1, 0.15) is 78.6 Å². The van der Waals surface area contributed by atoms with Gasteiger partial charge in [0.2, 0.25) is 0 Å². The molecule has 5 nitrogen and oxygen atoms in total. The predicted molar refractivity (Wildman–Crippen MR) is 103 cm³/mol. The lowest BCUT2D eigenvalue weighted by molar-refractivity contribution is -0.0798. The summed E-state index contributed by atoms with van der Waals surface area (Å²) >= 11 is 0. The molecule has 1 aliphatic heterocycles. The van der Waals surface area contributed by atoms with Crippen molar-refractivity contribution < 1.29 is 18.9 Å². The van der Waals surface area contributed by atoms with Crippen molar-refractivity contribution in [2.24, 2.45) is 0 Å². The van der Waals surface area contributed by atoms with Gasteiger partial charge in [0.05, 0.1) is 12.7 Å². The third kappa shape index (κ3) is 8.81. The van der Waals surface area contributed by atoms with Gasteiger partial charge in [-0.25, -0.2) is 0 Å². The van der Waals surface area contributed by atoms with Crippen molar-refractivity contribution in [2.75, 3.05) is 26.4 Å². The third-order valence-electron chi connectivity index (χ3n) is 4.73. The standard InChI is InChI=1S/C21H39NO4/c1-4-7-10-13-23-17-19-21(25-15-12-9-6-3)20(18(16-22)26-19)24-14-11-8-5-2/h18-21H,4-15,17H2,1-3H3/t18-,19+,20-,21+/m0/s1. The Labute approximate surface area is 160 Å². The summed E-state index contributed by atoms with van der Waals surface area (Å²) in [7, 11) is 0. The van der Waals surface area contributed by atoms with Crippen molar-refractivity contribution in [3.63, 3.8) is 0 Å².